The van der Waals surface area contributed by atoms with Crippen LogP contribution < -0.4 is 15.1 Å². The molecule has 0 radical (unpaired) electrons. The molecule has 0 unspecified atom stereocenters. The van der Waals surface area contributed by atoms with Crippen molar-refractivity contribution < 1.29 is 14.3 Å². The number of aryl methyl sites for hydroxylation is 1. The lowest BCUT2D eigenvalue weighted by molar-refractivity contribution is -0.116. The molecule has 148 valence electrons. The zero-order valence-corrected chi connectivity index (χ0v) is 16.5. The van der Waals surface area contributed by atoms with E-state index in [-0.39, 0.29) is 11.8 Å². The van der Waals surface area contributed by atoms with Crippen molar-refractivity contribution in [3.63, 3.8) is 0 Å². The summed E-state index contributed by atoms with van der Waals surface area (Å²) in [6, 6.07) is 15.4. The maximum atomic E-state index is 12.4. The molecule has 0 aliphatic carbocycles. The fourth-order valence-corrected chi connectivity index (χ4v) is 3.42. The second-order valence-electron chi connectivity index (χ2n) is 6.83. The van der Waals surface area contributed by atoms with Crippen LogP contribution >= 0.6 is 0 Å². The third-order valence-electron chi connectivity index (χ3n) is 4.92. The molecule has 0 saturated carbocycles. The first-order valence-corrected chi connectivity index (χ1v) is 9.61. The Bertz CT molecular complexity index is 831. The van der Waals surface area contributed by atoms with Gasteiger partial charge in [0.25, 0.3) is 5.91 Å². The van der Waals surface area contributed by atoms with E-state index in [0.29, 0.717) is 31.9 Å². The molecule has 2 aromatic rings. The van der Waals surface area contributed by atoms with E-state index in [9.17, 15) is 9.59 Å². The van der Waals surface area contributed by atoms with E-state index in [0.717, 1.165) is 30.0 Å². The topological polar surface area (TPSA) is 61.9 Å². The van der Waals surface area contributed by atoms with Crippen LogP contribution in [0.3, 0.4) is 0 Å². The number of morpholine rings is 1. The molecule has 0 spiro atoms. The molecule has 0 bridgehead atoms. The number of para-hydroxylation sites is 2. The predicted octanol–water partition coefficient (Wildman–Crippen LogP) is 2.61. The van der Waals surface area contributed by atoms with E-state index in [1.165, 1.54) is 0 Å². The number of carbonyl (C=O) groups is 2. The maximum absolute atomic E-state index is 12.4. The summed E-state index contributed by atoms with van der Waals surface area (Å²) >= 11 is 0. The second-order valence-corrected chi connectivity index (χ2v) is 6.83. The number of nitrogens with one attached hydrogen (secondary N) is 1. The first kappa shape index (κ1) is 19.9. The first-order valence-electron chi connectivity index (χ1n) is 9.61. The van der Waals surface area contributed by atoms with E-state index in [4.69, 9.17) is 4.74 Å². The second kappa shape index (κ2) is 9.37. The predicted molar refractivity (Wildman–Crippen MR) is 111 cm³/mol. The Labute approximate surface area is 166 Å². The van der Waals surface area contributed by atoms with Gasteiger partial charge in [-0.3, -0.25) is 9.59 Å². The smallest absolute Gasteiger partial charge is 0.251 e. The highest BCUT2D eigenvalue weighted by atomic mass is 16.5. The van der Waals surface area contributed by atoms with E-state index in [1.54, 1.807) is 17.9 Å². The van der Waals surface area contributed by atoms with Gasteiger partial charge in [-0.15, -0.1) is 0 Å². The van der Waals surface area contributed by atoms with Crippen molar-refractivity contribution >= 4 is 23.2 Å². The number of ether oxygens (including phenoxy) is 1. The van der Waals surface area contributed by atoms with Crippen LogP contribution in [0.5, 0.6) is 0 Å². The minimum absolute atomic E-state index is 0.0501. The highest BCUT2D eigenvalue weighted by Gasteiger charge is 2.20. The first-order chi connectivity index (χ1) is 13.6. The Morgan fingerprint density at radius 3 is 2.46 bits per heavy atom. The largest absolute Gasteiger partial charge is 0.378 e. The summed E-state index contributed by atoms with van der Waals surface area (Å²) in [5.74, 6) is -0.172. The van der Waals surface area contributed by atoms with Gasteiger partial charge in [-0.1, -0.05) is 30.3 Å². The highest BCUT2D eigenvalue weighted by Crippen LogP contribution is 2.29. The van der Waals surface area contributed by atoms with Crippen LogP contribution in [0, 0.1) is 6.92 Å². The molecule has 6 heteroatoms. The molecule has 1 aliphatic rings. The zero-order valence-electron chi connectivity index (χ0n) is 16.5. The maximum Gasteiger partial charge on any atom is 0.251 e. The molecule has 2 aromatic carbocycles. The molecular weight excluding hydrogens is 354 g/mol. The van der Waals surface area contributed by atoms with Crippen molar-refractivity contribution in [3.05, 3.63) is 59.7 Å². The Hall–Kier alpha value is -2.86. The van der Waals surface area contributed by atoms with Gasteiger partial charge in [-0.05, 0) is 30.7 Å². The summed E-state index contributed by atoms with van der Waals surface area (Å²) in [5, 5.41) is 2.93. The summed E-state index contributed by atoms with van der Waals surface area (Å²) in [7, 11) is 0. The van der Waals surface area contributed by atoms with Crippen molar-refractivity contribution in [1.82, 2.24) is 5.32 Å². The van der Waals surface area contributed by atoms with Crippen LogP contribution in [0.4, 0.5) is 11.4 Å². The van der Waals surface area contributed by atoms with Crippen LogP contribution in [0.1, 0.15) is 22.8 Å². The average molecular weight is 381 g/mol. The van der Waals surface area contributed by atoms with Crippen LogP contribution in [-0.2, 0) is 9.53 Å². The van der Waals surface area contributed by atoms with E-state index in [1.807, 2.05) is 49.4 Å². The third kappa shape index (κ3) is 4.70. The van der Waals surface area contributed by atoms with Crippen molar-refractivity contribution in [2.75, 3.05) is 49.2 Å². The lowest BCUT2D eigenvalue weighted by Gasteiger charge is -2.33. The van der Waals surface area contributed by atoms with Crippen LogP contribution in [0.2, 0.25) is 0 Å². The van der Waals surface area contributed by atoms with E-state index >= 15 is 0 Å². The number of nitrogens with zero attached hydrogens (tertiary/aromatic N) is 2. The average Bonchev–Trinajstić information content (AvgIpc) is 2.72. The number of carbonyl (C=O) groups excluding carboxylic acids is 2. The molecule has 1 fully saturated rings. The van der Waals surface area contributed by atoms with Gasteiger partial charge in [0.05, 0.1) is 24.6 Å². The van der Waals surface area contributed by atoms with Gasteiger partial charge in [0.1, 0.15) is 0 Å². The van der Waals surface area contributed by atoms with Gasteiger partial charge >= 0.3 is 0 Å². The number of rotatable bonds is 6. The lowest BCUT2D eigenvalue weighted by atomic mass is 10.1. The Balaban J connectivity index is 1.70. The van der Waals surface area contributed by atoms with Gasteiger partial charge in [0, 0.05) is 38.7 Å². The number of amides is 2. The summed E-state index contributed by atoms with van der Waals surface area (Å²) in [6.45, 7) is 7.22. The van der Waals surface area contributed by atoms with Gasteiger partial charge < -0.3 is 19.9 Å². The highest BCUT2D eigenvalue weighted by molar-refractivity contribution is 5.97. The fraction of sp³-hybridized carbons (Fsp3) is 0.364. The zero-order chi connectivity index (χ0) is 19.9. The van der Waals surface area contributed by atoms with Gasteiger partial charge in [-0.2, -0.15) is 0 Å². The van der Waals surface area contributed by atoms with Crippen LogP contribution in [0.15, 0.2) is 48.5 Å². The van der Waals surface area contributed by atoms with Gasteiger partial charge in [0.2, 0.25) is 5.91 Å². The summed E-state index contributed by atoms with van der Waals surface area (Å²) in [6.07, 6.45) is 0. The molecular formula is C22H27N3O3. The Kier molecular flexibility index (Phi) is 6.66. The molecule has 1 heterocycles. The SMILES string of the molecule is CC(=O)N(CCNC(=O)c1ccccc1C)c1ccccc1N1CCOCC1. The quantitative estimate of drug-likeness (QED) is 0.836. The number of benzene rings is 2. The Morgan fingerprint density at radius 1 is 1.07 bits per heavy atom. The minimum atomic E-state index is -0.122. The van der Waals surface area contributed by atoms with Crippen molar-refractivity contribution in [3.8, 4) is 0 Å². The molecule has 3 rings (SSSR count). The standard InChI is InChI=1S/C22H27N3O3/c1-17-7-3-4-8-19(17)22(27)23-11-12-25(18(2)26)21-10-6-5-9-20(21)24-13-15-28-16-14-24/h3-10H,11-16H2,1-2H3,(H,23,27). The number of hydrogen-bond donors (Lipinski definition) is 1. The molecule has 6 nitrogen and oxygen atoms in total. The minimum Gasteiger partial charge on any atom is -0.378 e. The van der Waals surface area contributed by atoms with Crippen LogP contribution in [0.25, 0.3) is 0 Å². The molecule has 0 aromatic heterocycles. The van der Waals surface area contributed by atoms with Crippen LogP contribution in [-0.4, -0.2) is 51.2 Å². The summed E-state index contributed by atoms with van der Waals surface area (Å²) in [5.41, 5.74) is 3.47. The van der Waals surface area contributed by atoms with Gasteiger partial charge in [-0.25, -0.2) is 0 Å². The fourth-order valence-electron chi connectivity index (χ4n) is 3.42. The molecule has 1 N–H and O–H groups in total. The van der Waals surface area contributed by atoms with Crippen molar-refractivity contribution in [2.45, 2.75) is 13.8 Å². The summed E-state index contributed by atoms with van der Waals surface area (Å²) in [4.78, 5) is 28.7. The molecule has 1 aliphatic heterocycles. The van der Waals surface area contributed by atoms with Crippen molar-refractivity contribution in [1.29, 1.82) is 0 Å². The van der Waals surface area contributed by atoms with Crippen molar-refractivity contribution in [2.24, 2.45) is 0 Å². The molecule has 2 amide bonds. The number of anilines is 2. The normalized spacial score (nSPS) is 13.9. The monoisotopic (exact) mass is 381 g/mol. The van der Waals surface area contributed by atoms with E-state index in [2.05, 4.69) is 10.2 Å². The van der Waals surface area contributed by atoms with E-state index < -0.39 is 0 Å². The molecule has 1 saturated heterocycles. The number of hydrogen-bond acceptors (Lipinski definition) is 4. The molecule has 0 atom stereocenters. The van der Waals surface area contributed by atoms with Gasteiger partial charge in [0.15, 0.2) is 0 Å². The lowest BCUT2D eigenvalue weighted by Crippen LogP contribution is -2.40. The molecule has 28 heavy (non-hydrogen) atoms. The summed E-state index contributed by atoms with van der Waals surface area (Å²) < 4.78 is 5.44. The third-order valence-corrected chi connectivity index (χ3v) is 4.92. The Morgan fingerprint density at radius 2 is 1.75 bits per heavy atom.